The Morgan fingerprint density at radius 1 is 0.737 bits per heavy atom. The lowest BCUT2D eigenvalue weighted by Gasteiger charge is -2.05. The van der Waals surface area contributed by atoms with Gasteiger partial charge in [0.2, 0.25) is 0 Å². The maximum absolute atomic E-state index is 11.9. The molecule has 0 radical (unpaired) electrons. The van der Waals surface area contributed by atoms with E-state index in [4.69, 9.17) is 4.74 Å². The second-order valence-corrected chi connectivity index (χ2v) is 5.35. The van der Waals surface area contributed by atoms with Gasteiger partial charge in [-0.15, -0.1) is 0 Å². The molecule has 0 fully saturated rings. The second kappa shape index (κ2) is 6.12. The van der Waals surface area contributed by atoms with E-state index in [1.54, 1.807) is 48.5 Å². The molecule has 0 aliphatic carbocycles. The summed E-state index contributed by atoms with van der Waals surface area (Å²) in [4.78, 5) is 23.7. The standard InChI is InChI=1S/C14H8Br2O3/c15-11-7-3-1-5-9(11)13(17)19-14(18)10-6-2-4-8-12(10)16/h1-8H. The van der Waals surface area contributed by atoms with Crippen LogP contribution in [-0.2, 0) is 4.74 Å². The van der Waals surface area contributed by atoms with Crippen molar-refractivity contribution in [1.82, 2.24) is 0 Å². The van der Waals surface area contributed by atoms with Crippen LogP contribution in [0.15, 0.2) is 57.5 Å². The van der Waals surface area contributed by atoms with Crippen molar-refractivity contribution in [2.45, 2.75) is 0 Å². The number of ether oxygens (including phenoxy) is 1. The number of hydrogen-bond acceptors (Lipinski definition) is 3. The second-order valence-electron chi connectivity index (χ2n) is 3.64. The molecule has 0 aliphatic heterocycles. The predicted octanol–water partition coefficient (Wildman–Crippen LogP) is 4.21. The van der Waals surface area contributed by atoms with E-state index in [0.717, 1.165) is 0 Å². The molecule has 2 rings (SSSR count). The highest BCUT2D eigenvalue weighted by Crippen LogP contribution is 2.20. The minimum Gasteiger partial charge on any atom is -0.386 e. The van der Waals surface area contributed by atoms with Gasteiger partial charge in [0.1, 0.15) is 0 Å². The quantitative estimate of drug-likeness (QED) is 0.576. The van der Waals surface area contributed by atoms with E-state index in [1.165, 1.54) is 0 Å². The largest absolute Gasteiger partial charge is 0.386 e. The number of rotatable bonds is 2. The summed E-state index contributed by atoms with van der Waals surface area (Å²) < 4.78 is 6.01. The van der Waals surface area contributed by atoms with E-state index in [9.17, 15) is 9.59 Å². The van der Waals surface area contributed by atoms with E-state index in [2.05, 4.69) is 31.9 Å². The van der Waals surface area contributed by atoms with Crippen molar-refractivity contribution in [3.63, 3.8) is 0 Å². The molecule has 0 heterocycles. The molecular formula is C14H8Br2O3. The van der Waals surface area contributed by atoms with Gasteiger partial charge in [-0.3, -0.25) is 0 Å². The molecule has 0 bridgehead atoms. The summed E-state index contributed by atoms with van der Waals surface area (Å²) in [6.45, 7) is 0. The summed E-state index contributed by atoms with van der Waals surface area (Å²) in [5.41, 5.74) is 0.616. The average Bonchev–Trinajstić information content (AvgIpc) is 2.39. The fourth-order valence-corrected chi connectivity index (χ4v) is 2.34. The minimum absolute atomic E-state index is 0.308. The molecule has 2 aromatic rings. The van der Waals surface area contributed by atoms with Crippen LogP contribution in [0.3, 0.4) is 0 Å². The Hall–Kier alpha value is -1.46. The molecule has 0 atom stereocenters. The van der Waals surface area contributed by atoms with Crippen molar-refractivity contribution in [2.24, 2.45) is 0 Å². The first-order chi connectivity index (χ1) is 9.09. The minimum atomic E-state index is -0.687. The van der Waals surface area contributed by atoms with E-state index >= 15 is 0 Å². The maximum atomic E-state index is 11.9. The highest BCUT2D eigenvalue weighted by molar-refractivity contribution is 9.10. The Morgan fingerprint density at radius 3 is 1.47 bits per heavy atom. The van der Waals surface area contributed by atoms with Crippen LogP contribution in [0.1, 0.15) is 20.7 Å². The molecule has 2 aromatic carbocycles. The average molecular weight is 384 g/mol. The normalized spacial score (nSPS) is 10.0. The molecule has 0 unspecified atom stereocenters. The third-order valence-electron chi connectivity index (χ3n) is 2.37. The molecule has 0 aromatic heterocycles. The fraction of sp³-hybridized carbons (Fsp3) is 0. The molecule has 3 nitrogen and oxygen atoms in total. The van der Waals surface area contributed by atoms with Gasteiger partial charge in [0.25, 0.3) is 0 Å². The SMILES string of the molecule is O=C(OC(=O)c1ccccc1Br)c1ccccc1Br. The van der Waals surface area contributed by atoms with Crippen molar-refractivity contribution >= 4 is 43.8 Å². The van der Waals surface area contributed by atoms with Gasteiger partial charge in [-0.05, 0) is 56.1 Å². The van der Waals surface area contributed by atoms with Gasteiger partial charge in [0, 0.05) is 8.95 Å². The molecule has 19 heavy (non-hydrogen) atoms. The molecule has 0 aliphatic rings. The lowest BCUT2D eigenvalue weighted by molar-refractivity contribution is 0.0396. The Labute approximate surface area is 126 Å². The molecule has 96 valence electrons. The van der Waals surface area contributed by atoms with Gasteiger partial charge in [-0.1, -0.05) is 24.3 Å². The molecule has 0 saturated carbocycles. The monoisotopic (exact) mass is 382 g/mol. The number of carbonyl (C=O) groups excluding carboxylic acids is 2. The third-order valence-corrected chi connectivity index (χ3v) is 3.76. The Kier molecular flexibility index (Phi) is 4.50. The topological polar surface area (TPSA) is 43.4 Å². The van der Waals surface area contributed by atoms with Crippen LogP contribution in [-0.4, -0.2) is 11.9 Å². The summed E-state index contributed by atoms with van der Waals surface area (Å²) in [6.07, 6.45) is 0. The van der Waals surface area contributed by atoms with E-state index < -0.39 is 11.9 Å². The molecule has 0 N–H and O–H groups in total. The van der Waals surface area contributed by atoms with Gasteiger partial charge in [-0.2, -0.15) is 0 Å². The van der Waals surface area contributed by atoms with Crippen LogP contribution in [0.5, 0.6) is 0 Å². The van der Waals surface area contributed by atoms with Gasteiger partial charge in [0.15, 0.2) is 0 Å². The summed E-state index contributed by atoms with van der Waals surface area (Å²) >= 11 is 6.47. The molecule has 0 spiro atoms. The number of halogens is 2. The van der Waals surface area contributed by atoms with Crippen LogP contribution in [0.2, 0.25) is 0 Å². The van der Waals surface area contributed by atoms with E-state index in [1.807, 2.05) is 0 Å². The number of carbonyl (C=O) groups is 2. The summed E-state index contributed by atoms with van der Waals surface area (Å²) in [7, 11) is 0. The van der Waals surface area contributed by atoms with Crippen LogP contribution >= 0.6 is 31.9 Å². The summed E-state index contributed by atoms with van der Waals surface area (Å²) in [5, 5.41) is 0. The first kappa shape index (κ1) is 14.0. The lowest BCUT2D eigenvalue weighted by Crippen LogP contribution is -2.13. The highest BCUT2D eigenvalue weighted by atomic mass is 79.9. The van der Waals surface area contributed by atoms with Crippen molar-refractivity contribution < 1.29 is 14.3 Å². The highest BCUT2D eigenvalue weighted by Gasteiger charge is 2.18. The molecular weight excluding hydrogens is 376 g/mol. The lowest BCUT2D eigenvalue weighted by atomic mass is 10.2. The Bertz CT molecular complexity index is 583. The fourth-order valence-electron chi connectivity index (χ4n) is 1.45. The first-order valence-electron chi connectivity index (χ1n) is 5.35. The van der Waals surface area contributed by atoms with Crippen molar-refractivity contribution in [3.05, 3.63) is 68.6 Å². The van der Waals surface area contributed by atoms with Crippen molar-refractivity contribution in [1.29, 1.82) is 0 Å². The van der Waals surface area contributed by atoms with Crippen LogP contribution in [0, 0.1) is 0 Å². The van der Waals surface area contributed by atoms with Gasteiger partial charge >= 0.3 is 11.9 Å². The zero-order chi connectivity index (χ0) is 13.8. The first-order valence-corrected chi connectivity index (χ1v) is 6.94. The van der Waals surface area contributed by atoms with Gasteiger partial charge in [0.05, 0.1) is 11.1 Å². The van der Waals surface area contributed by atoms with Crippen LogP contribution in [0.4, 0.5) is 0 Å². The van der Waals surface area contributed by atoms with Crippen molar-refractivity contribution in [3.8, 4) is 0 Å². The van der Waals surface area contributed by atoms with Crippen molar-refractivity contribution in [2.75, 3.05) is 0 Å². The summed E-state index contributed by atoms with van der Waals surface area (Å²) in [6, 6.07) is 13.5. The van der Waals surface area contributed by atoms with E-state index in [0.29, 0.717) is 20.1 Å². The van der Waals surface area contributed by atoms with E-state index in [-0.39, 0.29) is 0 Å². The number of benzene rings is 2. The van der Waals surface area contributed by atoms with Crippen LogP contribution < -0.4 is 0 Å². The Morgan fingerprint density at radius 2 is 1.11 bits per heavy atom. The van der Waals surface area contributed by atoms with Gasteiger partial charge in [-0.25, -0.2) is 9.59 Å². The third kappa shape index (κ3) is 3.30. The number of esters is 2. The maximum Gasteiger partial charge on any atom is 0.347 e. The predicted molar refractivity (Wildman–Crippen MR) is 78.0 cm³/mol. The molecule has 0 saturated heterocycles. The molecule has 0 amide bonds. The van der Waals surface area contributed by atoms with Crippen LogP contribution in [0.25, 0.3) is 0 Å². The smallest absolute Gasteiger partial charge is 0.347 e. The zero-order valence-electron chi connectivity index (χ0n) is 9.60. The number of hydrogen-bond donors (Lipinski definition) is 0. The summed E-state index contributed by atoms with van der Waals surface area (Å²) in [5.74, 6) is -1.37. The van der Waals surface area contributed by atoms with Gasteiger partial charge < -0.3 is 4.74 Å². The molecule has 5 heteroatoms. The zero-order valence-corrected chi connectivity index (χ0v) is 12.8. The Balaban J connectivity index is 2.19.